The van der Waals surface area contributed by atoms with Crippen LogP contribution in [0.1, 0.15) is 25.0 Å². The second kappa shape index (κ2) is 15.2. The van der Waals surface area contributed by atoms with Crippen LogP contribution in [0.3, 0.4) is 0 Å². The predicted octanol–water partition coefficient (Wildman–Crippen LogP) is 3.24. The number of carbonyl (C=O) groups is 2. The summed E-state index contributed by atoms with van der Waals surface area (Å²) in [6.07, 6.45) is 5.08. The smallest absolute Gasteiger partial charge is 0.323 e. The lowest BCUT2D eigenvalue weighted by Crippen LogP contribution is -2.47. The molecule has 3 atom stereocenters. The SMILES string of the molecule is C[C@@H]1CN([C@@H](C)CO)C(=O)Cc2cc(NC(=O)Nc3ccnc(N4CCOCC4)c3)ccc2O[C@H]1CN(C)Cc1ccncc1. The first-order valence-corrected chi connectivity index (χ1v) is 15.4. The van der Waals surface area contributed by atoms with E-state index in [4.69, 9.17) is 9.47 Å². The minimum absolute atomic E-state index is 0.0138. The molecule has 0 radical (unpaired) electrons. The summed E-state index contributed by atoms with van der Waals surface area (Å²) in [6.45, 7) is 8.36. The molecule has 45 heavy (non-hydrogen) atoms. The average molecular weight is 618 g/mol. The van der Waals surface area contributed by atoms with E-state index in [9.17, 15) is 14.7 Å². The van der Waals surface area contributed by atoms with Gasteiger partial charge in [-0.2, -0.15) is 0 Å². The molecule has 0 bridgehead atoms. The number of nitrogens with zero attached hydrogens (tertiary/aromatic N) is 5. The Labute approximate surface area is 264 Å². The van der Waals surface area contributed by atoms with E-state index in [1.165, 1.54) is 0 Å². The van der Waals surface area contributed by atoms with Crippen LogP contribution in [0, 0.1) is 5.92 Å². The molecule has 0 unspecified atom stereocenters. The van der Waals surface area contributed by atoms with Gasteiger partial charge in [0.15, 0.2) is 0 Å². The third kappa shape index (κ3) is 8.68. The Morgan fingerprint density at radius 1 is 1.09 bits per heavy atom. The molecule has 4 heterocycles. The van der Waals surface area contributed by atoms with Crippen molar-refractivity contribution in [3.05, 3.63) is 72.2 Å². The molecule has 1 fully saturated rings. The molecule has 3 N–H and O–H groups in total. The van der Waals surface area contributed by atoms with Crippen molar-refractivity contribution in [1.29, 1.82) is 0 Å². The van der Waals surface area contributed by atoms with Gasteiger partial charge in [-0.3, -0.25) is 14.7 Å². The van der Waals surface area contributed by atoms with Crippen LogP contribution in [-0.4, -0.2) is 102 Å². The molecule has 0 saturated carbocycles. The van der Waals surface area contributed by atoms with E-state index >= 15 is 0 Å². The summed E-state index contributed by atoms with van der Waals surface area (Å²) in [5, 5.41) is 15.7. The van der Waals surface area contributed by atoms with E-state index in [-0.39, 0.29) is 37.0 Å². The predicted molar refractivity (Wildman–Crippen MR) is 172 cm³/mol. The van der Waals surface area contributed by atoms with Crippen LogP contribution < -0.4 is 20.3 Å². The first-order valence-electron chi connectivity index (χ1n) is 15.4. The number of hydrogen-bond acceptors (Lipinski definition) is 9. The fraction of sp³-hybridized carbons (Fsp3) is 0.455. The molecular weight excluding hydrogens is 574 g/mol. The number of aliphatic hydroxyl groups is 1. The van der Waals surface area contributed by atoms with Crippen molar-refractivity contribution in [3.8, 4) is 5.75 Å². The maximum atomic E-state index is 13.6. The molecular formula is C33H43N7O5. The van der Waals surface area contributed by atoms with Gasteiger partial charge < -0.3 is 35.0 Å². The molecule has 240 valence electrons. The van der Waals surface area contributed by atoms with Gasteiger partial charge in [0, 0.05) is 80.2 Å². The van der Waals surface area contributed by atoms with Gasteiger partial charge in [-0.1, -0.05) is 6.92 Å². The number of ether oxygens (including phenoxy) is 2. The Balaban J connectivity index is 1.32. The number of aromatic nitrogens is 2. The molecule has 3 aromatic rings. The number of hydrogen-bond donors (Lipinski definition) is 3. The molecule has 0 spiro atoms. The third-order valence-electron chi connectivity index (χ3n) is 8.21. The lowest BCUT2D eigenvalue weighted by atomic mass is 10.0. The third-order valence-corrected chi connectivity index (χ3v) is 8.21. The molecule has 2 aromatic heterocycles. The summed E-state index contributed by atoms with van der Waals surface area (Å²) in [4.78, 5) is 41.2. The fourth-order valence-electron chi connectivity index (χ4n) is 5.65. The largest absolute Gasteiger partial charge is 0.488 e. The van der Waals surface area contributed by atoms with E-state index in [1.807, 2.05) is 38.2 Å². The number of aliphatic hydroxyl groups excluding tert-OH is 1. The lowest BCUT2D eigenvalue weighted by molar-refractivity contribution is -0.134. The zero-order valence-corrected chi connectivity index (χ0v) is 26.2. The molecule has 12 nitrogen and oxygen atoms in total. The van der Waals surface area contributed by atoms with Gasteiger partial charge in [-0.05, 0) is 55.9 Å². The number of pyridine rings is 2. The molecule has 3 amide bonds. The number of urea groups is 1. The van der Waals surface area contributed by atoms with Gasteiger partial charge in [0.1, 0.15) is 17.7 Å². The zero-order valence-electron chi connectivity index (χ0n) is 26.2. The van der Waals surface area contributed by atoms with E-state index in [2.05, 4.69) is 37.3 Å². The summed E-state index contributed by atoms with van der Waals surface area (Å²) in [5.41, 5.74) is 2.96. The Morgan fingerprint density at radius 2 is 1.82 bits per heavy atom. The van der Waals surface area contributed by atoms with E-state index in [1.54, 1.807) is 41.7 Å². The number of morpholine rings is 1. The summed E-state index contributed by atoms with van der Waals surface area (Å²) < 4.78 is 12.1. The number of carbonyl (C=O) groups excluding carboxylic acids is 2. The molecule has 12 heteroatoms. The number of fused-ring (bicyclic) bond motifs is 1. The summed E-state index contributed by atoms with van der Waals surface area (Å²) in [6, 6.07) is 12.2. The molecule has 2 aliphatic heterocycles. The maximum Gasteiger partial charge on any atom is 0.323 e. The highest BCUT2D eigenvalue weighted by Crippen LogP contribution is 2.29. The molecule has 2 aliphatic rings. The minimum atomic E-state index is -0.413. The van der Waals surface area contributed by atoms with E-state index < -0.39 is 6.03 Å². The van der Waals surface area contributed by atoms with Gasteiger partial charge in [0.2, 0.25) is 5.91 Å². The fourth-order valence-corrected chi connectivity index (χ4v) is 5.65. The number of likely N-dealkylation sites (N-methyl/N-ethyl adjacent to an activating group) is 1. The van der Waals surface area contributed by atoms with Crippen LogP contribution in [0.25, 0.3) is 0 Å². The second-order valence-corrected chi connectivity index (χ2v) is 11.8. The number of benzene rings is 1. The number of nitrogens with one attached hydrogen (secondary N) is 2. The van der Waals surface area contributed by atoms with Crippen molar-refractivity contribution >= 4 is 29.1 Å². The number of rotatable bonds is 9. The summed E-state index contributed by atoms with van der Waals surface area (Å²) in [5.74, 6) is 1.26. The summed E-state index contributed by atoms with van der Waals surface area (Å²) >= 11 is 0. The van der Waals surface area contributed by atoms with Crippen molar-refractivity contribution in [2.24, 2.45) is 5.92 Å². The highest BCUT2D eigenvalue weighted by molar-refractivity contribution is 6.00. The second-order valence-electron chi connectivity index (χ2n) is 11.8. The molecule has 0 aliphatic carbocycles. The molecule has 1 aromatic carbocycles. The lowest BCUT2D eigenvalue weighted by Gasteiger charge is -2.34. The number of amides is 3. The van der Waals surface area contributed by atoms with Gasteiger partial charge in [-0.15, -0.1) is 0 Å². The highest BCUT2D eigenvalue weighted by atomic mass is 16.5. The average Bonchev–Trinajstić information content (AvgIpc) is 3.09. The first-order chi connectivity index (χ1) is 21.8. The summed E-state index contributed by atoms with van der Waals surface area (Å²) in [7, 11) is 2.04. The van der Waals surface area contributed by atoms with Crippen LogP contribution in [0.5, 0.6) is 5.75 Å². The van der Waals surface area contributed by atoms with E-state index in [0.29, 0.717) is 49.0 Å². The minimum Gasteiger partial charge on any atom is -0.488 e. The Kier molecular flexibility index (Phi) is 10.8. The first kappa shape index (κ1) is 32.1. The van der Waals surface area contributed by atoms with Crippen molar-refractivity contribution in [1.82, 2.24) is 19.8 Å². The zero-order chi connectivity index (χ0) is 31.8. The van der Waals surface area contributed by atoms with Gasteiger partial charge in [0.05, 0.1) is 32.3 Å². The van der Waals surface area contributed by atoms with Crippen molar-refractivity contribution in [3.63, 3.8) is 0 Å². The van der Waals surface area contributed by atoms with Gasteiger partial charge in [0.25, 0.3) is 0 Å². The Morgan fingerprint density at radius 3 is 2.56 bits per heavy atom. The monoisotopic (exact) mass is 617 g/mol. The molecule has 1 saturated heterocycles. The Bertz CT molecular complexity index is 1440. The van der Waals surface area contributed by atoms with Crippen molar-refractivity contribution in [2.75, 3.05) is 68.6 Å². The van der Waals surface area contributed by atoms with Crippen LogP contribution >= 0.6 is 0 Å². The van der Waals surface area contributed by atoms with E-state index in [0.717, 1.165) is 31.0 Å². The van der Waals surface area contributed by atoms with Gasteiger partial charge >= 0.3 is 6.03 Å². The van der Waals surface area contributed by atoms with Crippen LogP contribution in [0.15, 0.2) is 61.1 Å². The van der Waals surface area contributed by atoms with Crippen LogP contribution in [0.4, 0.5) is 22.0 Å². The topological polar surface area (TPSA) is 132 Å². The Hall–Kier alpha value is -4.26. The van der Waals surface area contributed by atoms with Crippen molar-refractivity contribution in [2.45, 2.75) is 39.0 Å². The highest BCUT2D eigenvalue weighted by Gasteiger charge is 2.31. The van der Waals surface area contributed by atoms with Gasteiger partial charge in [-0.25, -0.2) is 9.78 Å². The van der Waals surface area contributed by atoms with Crippen molar-refractivity contribution < 1.29 is 24.2 Å². The number of anilines is 3. The van der Waals surface area contributed by atoms with Crippen LogP contribution in [-0.2, 0) is 22.5 Å². The molecule has 5 rings (SSSR count). The van der Waals surface area contributed by atoms with Crippen LogP contribution in [0.2, 0.25) is 0 Å². The maximum absolute atomic E-state index is 13.6. The standard InChI is InChI=1S/C33H43N7O5/c1-23-19-40(24(2)22-41)32(42)17-26-16-27(4-5-29(26)45-30(23)21-38(3)20-25-6-9-34-10-7-25)36-33(43)37-28-8-11-35-31(18-28)39-12-14-44-15-13-39/h4-11,16,18,23-24,30,41H,12-15,17,19-22H2,1-3H3,(H2,35,36,37,43)/t23-,24+,30+/m1/s1. The quantitative estimate of drug-likeness (QED) is 0.331. The normalized spacial score (nSPS) is 19.5.